The van der Waals surface area contributed by atoms with E-state index in [2.05, 4.69) is 26.2 Å². The van der Waals surface area contributed by atoms with Gasteiger partial charge in [0.2, 0.25) is 0 Å². The molecule has 148 valence electrons. The summed E-state index contributed by atoms with van der Waals surface area (Å²) in [6.07, 6.45) is 0.496. The smallest absolute Gasteiger partial charge is 0.340 e. The fraction of sp³-hybridized carbons (Fsp3) is 0.143. The highest BCUT2D eigenvalue weighted by Crippen LogP contribution is 2.30. The Morgan fingerprint density at radius 2 is 1.90 bits per heavy atom. The molecule has 0 saturated heterocycles. The topological polar surface area (TPSA) is 117 Å². The number of aromatic nitrogens is 1. The van der Waals surface area contributed by atoms with Gasteiger partial charge in [0.25, 0.3) is 11.7 Å². The van der Waals surface area contributed by atoms with Crippen molar-refractivity contribution >= 4 is 50.2 Å². The van der Waals surface area contributed by atoms with Gasteiger partial charge in [-0.15, -0.1) is 0 Å². The molecule has 29 heavy (non-hydrogen) atoms. The van der Waals surface area contributed by atoms with Gasteiger partial charge in [-0.25, -0.2) is 9.78 Å². The van der Waals surface area contributed by atoms with Gasteiger partial charge in [-0.2, -0.15) is 0 Å². The lowest BCUT2D eigenvalue weighted by Gasteiger charge is -2.09. The Balaban J connectivity index is 0.000000176. The van der Waals surface area contributed by atoms with Crippen LogP contribution in [0.15, 0.2) is 40.9 Å². The fourth-order valence-corrected chi connectivity index (χ4v) is 3.36. The van der Waals surface area contributed by atoms with E-state index in [4.69, 9.17) is 0 Å². The normalized spacial score (nSPS) is 12.2. The maximum absolute atomic E-state index is 11.2. The Bertz CT molecular complexity index is 1170. The third-order valence-corrected chi connectivity index (χ3v) is 4.91. The Labute approximate surface area is 174 Å². The average molecular weight is 457 g/mol. The van der Waals surface area contributed by atoms with E-state index in [-0.39, 0.29) is 11.3 Å². The molecule has 1 aliphatic rings. The van der Waals surface area contributed by atoms with Crippen molar-refractivity contribution in [2.45, 2.75) is 20.3 Å². The van der Waals surface area contributed by atoms with Gasteiger partial charge >= 0.3 is 5.97 Å². The number of benzene rings is 2. The quantitative estimate of drug-likeness (QED) is 0.499. The number of anilines is 1. The van der Waals surface area contributed by atoms with E-state index in [1.54, 1.807) is 30.3 Å². The molecule has 7 nitrogen and oxygen atoms in total. The predicted molar refractivity (Wildman–Crippen MR) is 112 cm³/mol. The van der Waals surface area contributed by atoms with Gasteiger partial charge in [-0.05, 0) is 43.7 Å². The second kappa shape index (κ2) is 8.00. The van der Waals surface area contributed by atoms with Crippen molar-refractivity contribution in [3.05, 3.63) is 63.3 Å². The van der Waals surface area contributed by atoms with Crippen LogP contribution in [0, 0.1) is 6.92 Å². The summed E-state index contributed by atoms with van der Waals surface area (Å²) in [5.41, 5.74) is 2.92. The largest absolute Gasteiger partial charge is 0.505 e. The number of fused-ring (bicyclic) bond motifs is 2. The summed E-state index contributed by atoms with van der Waals surface area (Å²) in [5, 5.41) is 22.0. The molecule has 3 aromatic rings. The van der Waals surface area contributed by atoms with E-state index in [1.165, 1.54) is 0 Å². The van der Waals surface area contributed by atoms with Crippen LogP contribution < -0.4 is 5.32 Å². The summed E-state index contributed by atoms with van der Waals surface area (Å²) in [5.74, 6) is -2.37. The molecule has 0 saturated carbocycles. The lowest BCUT2D eigenvalue weighted by Crippen LogP contribution is -2.12. The minimum atomic E-state index is -1.13. The van der Waals surface area contributed by atoms with E-state index in [0.29, 0.717) is 34.3 Å². The molecule has 0 atom stereocenters. The number of carbonyl (C=O) groups is 3. The molecule has 4 rings (SSSR count). The Kier molecular flexibility index (Phi) is 5.65. The third-order valence-electron chi connectivity index (χ3n) is 4.42. The second-order valence-electron chi connectivity index (χ2n) is 6.43. The molecule has 3 N–H and O–H groups in total. The van der Waals surface area contributed by atoms with Gasteiger partial charge in [-0.1, -0.05) is 34.5 Å². The number of rotatable bonds is 2. The number of aryl methyl sites for hydroxylation is 2. The molecule has 0 bridgehead atoms. The summed E-state index contributed by atoms with van der Waals surface area (Å²) in [6, 6.07) is 10.5. The lowest BCUT2D eigenvalue weighted by molar-refractivity contribution is -0.112. The number of ketones is 1. The second-order valence-corrected chi connectivity index (χ2v) is 7.35. The van der Waals surface area contributed by atoms with Gasteiger partial charge in [0.1, 0.15) is 5.56 Å². The third kappa shape index (κ3) is 3.97. The summed E-state index contributed by atoms with van der Waals surface area (Å²) in [6.45, 7) is 3.70. The summed E-state index contributed by atoms with van der Waals surface area (Å²) < 4.78 is 0.797. The minimum absolute atomic E-state index is 0.0597. The Morgan fingerprint density at radius 3 is 2.55 bits per heavy atom. The average Bonchev–Trinajstić information content (AvgIpc) is 2.95. The predicted octanol–water partition coefficient (Wildman–Crippen LogP) is 4.09. The van der Waals surface area contributed by atoms with Crippen LogP contribution >= 0.6 is 15.9 Å². The molecule has 8 heteroatoms. The van der Waals surface area contributed by atoms with Crippen LogP contribution in [0.3, 0.4) is 0 Å². The van der Waals surface area contributed by atoms with Crippen LogP contribution in [0.25, 0.3) is 10.9 Å². The van der Waals surface area contributed by atoms with Crippen molar-refractivity contribution in [2.75, 3.05) is 5.32 Å². The van der Waals surface area contributed by atoms with Gasteiger partial charge in [-0.3, -0.25) is 9.59 Å². The zero-order valence-corrected chi connectivity index (χ0v) is 17.2. The van der Waals surface area contributed by atoms with E-state index >= 15 is 0 Å². The highest BCUT2D eigenvalue weighted by molar-refractivity contribution is 9.10. The van der Waals surface area contributed by atoms with Crippen molar-refractivity contribution in [3.8, 4) is 5.75 Å². The minimum Gasteiger partial charge on any atom is -0.505 e. The molecule has 1 aromatic heterocycles. The monoisotopic (exact) mass is 456 g/mol. The molecule has 1 amide bonds. The van der Waals surface area contributed by atoms with Crippen LogP contribution in [-0.2, 0) is 11.2 Å². The van der Waals surface area contributed by atoms with Crippen LogP contribution in [0.4, 0.5) is 5.69 Å². The van der Waals surface area contributed by atoms with Crippen molar-refractivity contribution in [3.63, 3.8) is 0 Å². The first-order valence-electron chi connectivity index (χ1n) is 8.73. The Morgan fingerprint density at radius 1 is 1.17 bits per heavy atom. The first-order chi connectivity index (χ1) is 13.7. The number of hydrogen-bond donors (Lipinski definition) is 3. The lowest BCUT2D eigenvalue weighted by atomic mass is 10.0. The number of amides is 1. The summed E-state index contributed by atoms with van der Waals surface area (Å²) in [4.78, 5) is 37.5. The van der Waals surface area contributed by atoms with Crippen molar-refractivity contribution in [2.24, 2.45) is 0 Å². The zero-order chi connectivity index (χ0) is 21.3. The number of carbonyl (C=O) groups excluding carboxylic acids is 2. The van der Waals surface area contributed by atoms with Gasteiger partial charge in [0.05, 0.1) is 22.5 Å². The molecular weight excluding hydrogens is 440 g/mol. The van der Waals surface area contributed by atoms with Gasteiger partial charge in [0, 0.05) is 9.86 Å². The highest BCUT2D eigenvalue weighted by Gasteiger charge is 2.27. The van der Waals surface area contributed by atoms with Crippen molar-refractivity contribution < 1.29 is 24.6 Å². The van der Waals surface area contributed by atoms with Crippen molar-refractivity contribution in [1.82, 2.24) is 4.98 Å². The molecule has 0 radical (unpaired) electrons. The van der Waals surface area contributed by atoms with E-state index < -0.39 is 17.7 Å². The van der Waals surface area contributed by atoms with Crippen LogP contribution in [0.1, 0.15) is 38.9 Å². The number of pyridine rings is 1. The number of aromatic carboxylic acids is 1. The number of Topliss-reactive ketones (excluding diaryl/α,β-unsaturated/α-hetero) is 1. The van der Waals surface area contributed by atoms with Crippen LogP contribution in [0.2, 0.25) is 0 Å². The first kappa shape index (κ1) is 20.5. The van der Waals surface area contributed by atoms with Gasteiger partial charge in [0.15, 0.2) is 5.75 Å². The summed E-state index contributed by atoms with van der Waals surface area (Å²) >= 11 is 3.22. The highest BCUT2D eigenvalue weighted by atomic mass is 79.9. The number of hydrogen-bond acceptors (Lipinski definition) is 5. The van der Waals surface area contributed by atoms with Crippen molar-refractivity contribution in [1.29, 1.82) is 0 Å². The molecular formula is C21H17BrN2O5. The van der Waals surface area contributed by atoms with Crippen LogP contribution in [0.5, 0.6) is 5.75 Å². The maximum Gasteiger partial charge on any atom is 0.340 e. The molecule has 0 spiro atoms. The summed E-state index contributed by atoms with van der Waals surface area (Å²) in [7, 11) is 0. The molecule has 0 unspecified atom stereocenters. The van der Waals surface area contributed by atoms with Gasteiger partial charge < -0.3 is 15.5 Å². The van der Waals surface area contributed by atoms with E-state index in [0.717, 1.165) is 10.0 Å². The molecule has 0 aliphatic carbocycles. The first-order valence-corrected chi connectivity index (χ1v) is 9.53. The number of nitrogens with zero attached hydrogens (tertiary/aromatic N) is 1. The molecule has 2 aromatic carbocycles. The molecule has 0 fully saturated rings. The fourth-order valence-electron chi connectivity index (χ4n) is 3.00. The molecule has 2 heterocycles. The number of nitrogens with one attached hydrogen (secondary N) is 1. The molecule has 1 aliphatic heterocycles. The Hall–Kier alpha value is -3.26. The van der Waals surface area contributed by atoms with E-state index in [9.17, 15) is 24.6 Å². The number of carboxylic acid groups (broad SMARTS) is 1. The zero-order valence-electron chi connectivity index (χ0n) is 15.6. The van der Waals surface area contributed by atoms with Crippen LogP contribution in [-0.4, -0.2) is 32.9 Å². The SMILES string of the molecule is CCc1nc2ccc(C)cc2c(C(=O)O)c1O.O=C1Nc2ccc(Br)cc2C1=O. The standard InChI is InChI=1S/C13H13NO3.C8H4BrNO2/c1-3-9-12(15)11(13(16)17)8-6-7(2)4-5-10(8)14-9;9-4-1-2-6-5(3-4)7(11)8(12)10-6/h4-6,15H,3H2,1-2H3,(H,16,17);1-3H,(H,10,11,12). The van der Waals surface area contributed by atoms with E-state index in [1.807, 2.05) is 19.9 Å². The maximum atomic E-state index is 11.2. The number of halogens is 1. The number of carboxylic acids is 1. The number of aromatic hydroxyl groups is 1.